The van der Waals surface area contributed by atoms with Gasteiger partial charge in [-0.15, -0.1) is 0 Å². The molecule has 2 aromatic rings. The molecule has 0 spiro atoms. The monoisotopic (exact) mass is 292 g/mol. The third-order valence-corrected chi connectivity index (χ3v) is 4.17. The maximum absolute atomic E-state index is 12.5. The van der Waals surface area contributed by atoms with Crippen molar-refractivity contribution >= 4 is 16.7 Å². The summed E-state index contributed by atoms with van der Waals surface area (Å²) in [5.41, 5.74) is 3.13. The summed E-state index contributed by atoms with van der Waals surface area (Å²) in [4.78, 5) is 15.7. The van der Waals surface area contributed by atoms with E-state index in [-0.39, 0.29) is 12.4 Å². The van der Waals surface area contributed by atoms with E-state index in [9.17, 15) is 4.79 Å². The molecule has 4 heteroatoms. The highest BCUT2D eigenvalue weighted by atomic mass is 35.5. The maximum atomic E-state index is 12.5. The molecule has 1 saturated heterocycles. The van der Waals surface area contributed by atoms with Crippen LogP contribution in [-0.2, 0) is 0 Å². The molecule has 20 heavy (non-hydrogen) atoms. The van der Waals surface area contributed by atoms with Crippen molar-refractivity contribution in [2.75, 3.05) is 13.1 Å². The first kappa shape index (κ1) is 15.1. The van der Waals surface area contributed by atoms with Crippen LogP contribution in [0.5, 0.6) is 0 Å². The smallest absolute Gasteiger partial charge is 0.165 e. The van der Waals surface area contributed by atoms with Gasteiger partial charge >= 0.3 is 0 Å². The van der Waals surface area contributed by atoms with Gasteiger partial charge in [0.2, 0.25) is 0 Å². The normalized spacial score (nSPS) is 16.1. The number of quaternary nitrogens is 1. The number of hydrogen-bond acceptors (Lipinski definition) is 1. The van der Waals surface area contributed by atoms with Crippen LogP contribution in [-0.4, -0.2) is 23.9 Å². The van der Waals surface area contributed by atoms with Gasteiger partial charge in [0.15, 0.2) is 5.78 Å². The molecule has 0 amide bonds. The first-order valence-electron chi connectivity index (χ1n) is 7.16. The van der Waals surface area contributed by atoms with Gasteiger partial charge in [0, 0.05) is 29.1 Å². The number of aromatic nitrogens is 1. The highest BCUT2D eigenvalue weighted by Gasteiger charge is 2.21. The van der Waals surface area contributed by atoms with Crippen LogP contribution >= 0.6 is 0 Å². The van der Waals surface area contributed by atoms with Crippen molar-refractivity contribution in [2.24, 2.45) is 5.92 Å². The predicted molar refractivity (Wildman–Crippen MR) is 76.4 cm³/mol. The lowest BCUT2D eigenvalue weighted by atomic mass is 9.90. The van der Waals surface area contributed by atoms with Gasteiger partial charge in [-0.05, 0) is 37.8 Å². The number of rotatable bonds is 3. The van der Waals surface area contributed by atoms with Crippen LogP contribution in [0, 0.1) is 12.8 Å². The van der Waals surface area contributed by atoms with Gasteiger partial charge < -0.3 is 22.7 Å². The Labute approximate surface area is 125 Å². The minimum Gasteiger partial charge on any atom is -1.00 e. The average Bonchev–Trinajstić information content (AvgIpc) is 2.82. The van der Waals surface area contributed by atoms with E-state index in [0.717, 1.165) is 16.5 Å². The molecule has 3 rings (SSSR count). The molecule has 0 radical (unpaired) electrons. The van der Waals surface area contributed by atoms with Crippen molar-refractivity contribution in [1.29, 1.82) is 0 Å². The second-order valence-electron chi connectivity index (χ2n) is 5.69. The molecule has 0 unspecified atom stereocenters. The Balaban J connectivity index is 0.00000147. The summed E-state index contributed by atoms with van der Waals surface area (Å²) in [6.07, 6.45) is 4.93. The van der Waals surface area contributed by atoms with Crippen molar-refractivity contribution < 1.29 is 22.5 Å². The minimum atomic E-state index is 0. The van der Waals surface area contributed by atoms with Crippen LogP contribution in [0.2, 0.25) is 0 Å². The molecule has 0 aliphatic carbocycles. The van der Waals surface area contributed by atoms with Crippen LogP contribution in [0.3, 0.4) is 0 Å². The highest BCUT2D eigenvalue weighted by molar-refractivity contribution is 6.08. The molecule has 1 fully saturated rings. The minimum absolute atomic E-state index is 0. The van der Waals surface area contributed by atoms with Gasteiger partial charge in [0.1, 0.15) is 0 Å². The number of nitrogens with two attached hydrogens (primary N) is 1. The topological polar surface area (TPSA) is 49.5 Å². The van der Waals surface area contributed by atoms with Crippen molar-refractivity contribution in [2.45, 2.75) is 26.2 Å². The van der Waals surface area contributed by atoms with Crippen LogP contribution in [0.1, 0.15) is 35.2 Å². The molecule has 1 aliphatic heterocycles. The number of aromatic amines is 1. The van der Waals surface area contributed by atoms with Crippen LogP contribution < -0.4 is 17.7 Å². The fourth-order valence-electron chi connectivity index (χ4n) is 3.04. The summed E-state index contributed by atoms with van der Waals surface area (Å²) >= 11 is 0. The molecule has 0 saturated carbocycles. The second kappa shape index (κ2) is 6.42. The van der Waals surface area contributed by atoms with Gasteiger partial charge in [-0.2, -0.15) is 0 Å². The quantitative estimate of drug-likeness (QED) is 0.703. The van der Waals surface area contributed by atoms with E-state index in [4.69, 9.17) is 0 Å². The Morgan fingerprint density at radius 2 is 2.10 bits per heavy atom. The molecular formula is C16H21ClN2O. The molecule has 2 heterocycles. The number of halogens is 1. The molecule has 108 valence electrons. The largest absolute Gasteiger partial charge is 1.00 e. The zero-order valence-electron chi connectivity index (χ0n) is 11.8. The number of aryl methyl sites for hydroxylation is 1. The van der Waals surface area contributed by atoms with Crippen molar-refractivity contribution in [1.82, 2.24) is 4.98 Å². The molecule has 3 nitrogen and oxygen atoms in total. The van der Waals surface area contributed by atoms with E-state index in [1.807, 2.05) is 6.20 Å². The molecule has 3 N–H and O–H groups in total. The van der Waals surface area contributed by atoms with Gasteiger partial charge in [-0.25, -0.2) is 0 Å². The number of nitrogens with one attached hydrogen (secondary N) is 1. The van der Waals surface area contributed by atoms with E-state index in [1.165, 1.54) is 31.5 Å². The van der Waals surface area contributed by atoms with E-state index >= 15 is 0 Å². The van der Waals surface area contributed by atoms with Gasteiger partial charge in [-0.1, -0.05) is 11.6 Å². The summed E-state index contributed by atoms with van der Waals surface area (Å²) in [6, 6.07) is 6.23. The molecule has 1 aromatic carbocycles. The van der Waals surface area contributed by atoms with Gasteiger partial charge in [0.25, 0.3) is 0 Å². The predicted octanol–water partition coefficient (Wildman–Crippen LogP) is -0.973. The standard InChI is InChI=1S/C16H20N2O.ClH/c1-11-2-3-15-13(8-11)14(10-18-15)16(19)9-12-4-6-17-7-5-12;/h2-3,8,10,12,17-18H,4-7,9H2,1H3;1H. The third-order valence-electron chi connectivity index (χ3n) is 4.17. The van der Waals surface area contributed by atoms with Crippen LogP contribution in [0.4, 0.5) is 0 Å². The number of ketones is 1. The lowest BCUT2D eigenvalue weighted by molar-refractivity contribution is -0.664. The first-order valence-corrected chi connectivity index (χ1v) is 7.16. The number of carbonyl (C=O) groups excluding carboxylic acids is 1. The van der Waals surface area contributed by atoms with Crippen molar-refractivity contribution in [3.05, 3.63) is 35.5 Å². The summed E-state index contributed by atoms with van der Waals surface area (Å²) in [6.45, 7) is 4.41. The number of piperidine rings is 1. The van der Waals surface area contributed by atoms with E-state index in [1.54, 1.807) is 0 Å². The Morgan fingerprint density at radius 3 is 2.85 bits per heavy atom. The summed E-state index contributed by atoms with van der Waals surface area (Å²) in [7, 11) is 0. The highest BCUT2D eigenvalue weighted by Crippen LogP contribution is 2.24. The zero-order chi connectivity index (χ0) is 13.2. The Kier molecular flexibility index (Phi) is 4.84. The van der Waals surface area contributed by atoms with Gasteiger partial charge in [-0.3, -0.25) is 4.79 Å². The molecule has 1 aromatic heterocycles. The third kappa shape index (κ3) is 3.05. The summed E-state index contributed by atoms with van der Waals surface area (Å²) in [5, 5.41) is 3.42. The van der Waals surface area contributed by atoms with Crippen molar-refractivity contribution in [3.63, 3.8) is 0 Å². The maximum Gasteiger partial charge on any atom is 0.165 e. The Bertz CT molecular complexity index is 600. The lowest BCUT2D eigenvalue weighted by Crippen LogP contribution is -3.00. The first-order chi connectivity index (χ1) is 9.24. The molecular weight excluding hydrogens is 272 g/mol. The zero-order valence-corrected chi connectivity index (χ0v) is 12.5. The number of benzene rings is 1. The van der Waals surface area contributed by atoms with Crippen LogP contribution in [0.25, 0.3) is 10.9 Å². The summed E-state index contributed by atoms with van der Waals surface area (Å²) in [5.74, 6) is 0.871. The lowest BCUT2D eigenvalue weighted by Gasteiger charge is -2.19. The number of H-pyrrole nitrogens is 1. The number of fused-ring (bicyclic) bond motifs is 1. The molecule has 0 bridgehead atoms. The van der Waals surface area contributed by atoms with Crippen molar-refractivity contribution in [3.8, 4) is 0 Å². The van der Waals surface area contributed by atoms with E-state index in [0.29, 0.717) is 18.1 Å². The second-order valence-corrected chi connectivity index (χ2v) is 5.69. The number of Topliss-reactive ketones (excluding diaryl/α,β-unsaturated/α-hetero) is 1. The van der Waals surface area contributed by atoms with Gasteiger partial charge in [0.05, 0.1) is 13.1 Å². The molecule has 0 atom stereocenters. The number of carbonyl (C=O) groups is 1. The number of hydrogen-bond donors (Lipinski definition) is 2. The Morgan fingerprint density at radius 1 is 1.35 bits per heavy atom. The van der Waals surface area contributed by atoms with E-state index in [2.05, 4.69) is 35.4 Å². The molecule has 1 aliphatic rings. The fourth-order valence-corrected chi connectivity index (χ4v) is 3.04. The Hall–Kier alpha value is -1.32. The fraction of sp³-hybridized carbons (Fsp3) is 0.438. The van der Waals surface area contributed by atoms with Crippen LogP contribution in [0.15, 0.2) is 24.4 Å². The van der Waals surface area contributed by atoms with E-state index < -0.39 is 0 Å². The average molecular weight is 293 g/mol. The SMILES string of the molecule is Cc1ccc2[nH]cc(C(=O)CC3CC[NH2+]CC3)c2c1.[Cl-]. The summed E-state index contributed by atoms with van der Waals surface area (Å²) < 4.78 is 0.